The third kappa shape index (κ3) is 5.04. The molecule has 0 radical (unpaired) electrons. The number of aryl methyl sites for hydroxylation is 1. The Hall–Kier alpha value is -2.39. The van der Waals surface area contributed by atoms with Crippen molar-refractivity contribution in [1.82, 2.24) is 4.98 Å². The first-order valence-electron chi connectivity index (χ1n) is 8.33. The van der Waals surface area contributed by atoms with Crippen LogP contribution >= 0.6 is 11.3 Å². The molecule has 0 bridgehead atoms. The molecule has 1 unspecified atom stereocenters. The molecule has 0 amide bonds. The molecule has 2 rings (SSSR count). The maximum atomic E-state index is 9.37. The van der Waals surface area contributed by atoms with Crippen molar-refractivity contribution in [1.29, 1.82) is 5.26 Å². The van der Waals surface area contributed by atoms with E-state index in [0.717, 1.165) is 27.8 Å². The van der Waals surface area contributed by atoms with Crippen molar-refractivity contribution >= 4 is 17.6 Å². The van der Waals surface area contributed by atoms with Crippen LogP contribution in [0, 0.1) is 18.3 Å². The van der Waals surface area contributed by atoms with Gasteiger partial charge in [-0.15, -0.1) is 11.3 Å². The average Bonchev–Trinajstić information content (AvgIpc) is 3.03. The molecule has 0 spiro atoms. The van der Waals surface area contributed by atoms with Crippen molar-refractivity contribution in [2.75, 3.05) is 13.2 Å². The van der Waals surface area contributed by atoms with Gasteiger partial charge in [-0.3, -0.25) is 4.99 Å². The standard InChI is InChI=1S/C19H23N3O2S/c1-5-23-17-8-7-15(9-18(17)24-6-2)14(4)21-11-16(10-20)19-22-13(3)12-25-19/h7-9,11-12,14,16H,5-6H2,1-4H3/t14-,16?/m0/s1. The molecule has 25 heavy (non-hydrogen) atoms. The number of hydrogen-bond acceptors (Lipinski definition) is 6. The molecule has 1 heterocycles. The highest BCUT2D eigenvalue weighted by atomic mass is 32.1. The smallest absolute Gasteiger partial charge is 0.161 e. The van der Waals surface area contributed by atoms with Gasteiger partial charge in [0, 0.05) is 17.3 Å². The summed E-state index contributed by atoms with van der Waals surface area (Å²) in [6, 6.07) is 7.99. The van der Waals surface area contributed by atoms with Gasteiger partial charge in [0.05, 0.1) is 25.3 Å². The Labute approximate surface area is 153 Å². The van der Waals surface area contributed by atoms with Crippen LogP contribution in [-0.4, -0.2) is 24.4 Å². The number of aromatic nitrogens is 1. The Morgan fingerprint density at radius 3 is 2.60 bits per heavy atom. The van der Waals surface area contributed by atoms with Gasteiger partial charge in [-0.2, -0.15) is 5.26 Å². The average molecular weight is 357 g/mol. The number of thiazole rings is 1. The van der Waals surface area contributed by atoms with Crippen molar-refractivity contribution in [2.45, 2.75) is 39.7 Å². The van der Waals surface area contributed by atoms with Crippen LogP contribution in [-0.2, 0) is 0 Å². The first kappa shape index (κ1) is 18.9. The maximum Gasteiger partial charge on any atom is 0.161 e. The van der Waals surface area contributed by atoms with Gasteiger partial charge in [-0.05, 0) is 45.4 Å². The molecule has 0 aliphatic rings. The lowest BCUT2D eigenvalue weighted by atomic mass is 10.1. The lowest BCUT2D eigenvalue weighted by Gasteiger charge is -2.14. The molecule has 0 fully saturated rings. The molecule has 2 atom stereocenters. The fourth-order valence-electron chi connectivity index (χ4n) is 2.30. The first-order valence-corrected chi connectivity index (χ1v) is 9.21. The highest BCUT2D eigenvalue weighted by Gasteiger charge is 2.14. The second kappa shape index (κ2) is 9.19. The number of nitriles is 1. The minimum absolute atomic E-state index is 0.0909. The fourth-order valence-corrected chi connectivity index (χ4v) is 3.10. The van der Waals surface area contributed by atoms with E-state index in [4.69, 9.17) is 9.47 Å². The van der Waals surface area contributed by atoms with E-state index >= 15 is 0 Å². The highest BCUT2D eigenvalue weighted by Crippen LogP contribution is 2.32. The topological polar surface area (TPSA) is 67.5 Å². The summed E-state index contributed by atoms with van der Waals surface area (Å²) in [4.78, 5) is 8.92. The van der Waals surface area contributed by atoms with Gasteiger partial charge in [-0.25, -0.2) is 4.98 Å². The summed E-state index contributed by atoms with van der Waals surface area (Å²) in [5.41, 5.74) is 1.93. The van der Waals surface area contributed by atoms with Crippen LogP contribution in [0.5, 0.6) is 11.5 Å². The lowest BCUT2D eigenvalue weighted by molar-refractivity contribution is 0.287. The summed E-state index contributed by atoms with van der Waals surface area (Å²) < 4.78 is 11.2. The molecule has 1 aromatic carbocycles. The highest BCUT2D eigenvalue weighted by molar-refractivity contribution is 7.09. The Bertz CT molecular complexity index is 764. The third-order valence-corrected chi connectivity index (χ3v) is 4.60. The second-order valence-corrected chi connectivity index (χ2v) is 6.37. The molecule has 0 aliphatic carbocycles. The Kier molecular flexibility index (Phi) is 6.96. The van der Waals surface area contributed by atoms with Crippen molar-refractivity contribution in [3.8, 4) is 17.6 Å². The SMILES string of the molecule is CCOc1ccc([C@H](C)N=CC(C#N)c2nc(C)cs2)cc1OCC. The van der Waals surface area contributed by atoms with Crippen LogP contribution in [0.15, 0.2) is 28.6 Å². The van der Waals surface area contributed by atoms with Gasteiger partial charge in [0.15, 0.2) is 11.5 Å². The number of rotatable bonds is 8. The zero-order chi connectivity index (χ0) is 18.2. The molecule has 132 valence electrons. The predicted octanol–water partition coefficient (Wildman–Crippen LogP) is 4.69. The molecule has 0 aliphatic heterocycles. The Balaban J connectivity index is 2.17. The molecule has 2 aromatic rings. The number of nitrogens with zero attached hydrogens (tertiary/aromatic N) is 3. The van der Waals surface area contributed by atoms with Gasteiger partial charge in [0.25, 0.3) is 0 Å². The van der Waals surface area contributed by atoms with Crippen LogP contribution in [0.2, 0.25) is 0 Å². The number of hydrogen-bond donors (Lipinski definition) is 0. The quantitative estimate of drug-likeness (QED) is 0.643. The van der Waals surface area contributed by atoms with E-state index in [9.17, 15) is 5.26 Å². The molecule has 0 saturated heterocycles. The summed E-state index contributed by atoms with van der Waals surface area (Å²) in [7, 11) is 0. The second-order valence-electron chi connectivity index (χ2n) is 5.48. The summed E-state index contributed by atoms with van der Waals surface area (Å²) in [5, 5.41) is 12.1. The predicted molar refractivity (Wildman–Crippen MR) is 101 cm³/mol. The van der Waals surface area contributed by atoms with E-state index in [-0.39, 0.29) is 6.04 Å². The van der Waals surface area contributed by atoms with Crippen LogP contribution < -0.4 is 9.47 Å². The van der Waals surface area contributed by atoms with Gasteiger partial charge < -0.3 is 9.47 Å². The van der Waals surface area contributed by atoms with E-state index in [1.54, 1.807) is 6.21 Å². The third-order valence-electron chi connectivity index (χ3n) is 3.55. The van der Waals surface area contributed by atoms with E-state index in [0.29, 0.717) is 13.2 Å². The van der Waals surface area contributed by atoms with Gasteiger partial charge >= 0.3 is 0 Å². The largest absolute Gasteiger partial charge is 0.490 e. The molecule has 5 nitrogen and oxygen atoms in total. The van der Waals surface area contributed by atoms with Crippen molar-refractivity contribution in [3.05, 3.63) is 39.8 Å². The lowest BCUT2D eigenvalue weighted by Crippen LogP contribution is -2.01. The monoisotopic (exact) mass is 357 g/mol. The van der Waals surface area contributed by atoms with Crippen LogP contribution in [0.1, 0.15) is 49.0 Å². The Morgan fingerprint density at radius 1 is 1.28 bits per heavy atom. The molecule has 0 saturated carbocycles. The van der Waals surface area contributed by atoms with Gasteiger partial charge in [0.2, 0.25) is 0 Å². The van der Waals surface area contributed by atoms with E-state index < -0.39 is 5.92 Å². The minimum Gasteiger partial charge on any atom is -0.490 e. The zero-order valence-electron chi connectivity index (χ0n) is 15.0. The summed E-state index contributed by atoms with van der Waals surface area (Å²) >= 11 is 1.48. The van der Waals surface area contributed by atoms with E-state index in [1.165, 1.54) is 11.3 Å². The zero-order valence-corrected chi connectivity index (χ0v) is 15.8. The minimum atomic E-state index is -0.421. The summed E-state index contributed by atoms with van der Waals surface area (Å²) in [6.07, 6.45) is 1.68. The number of benzene rings is 1. The fraction of sp³-hybridized carbons (Fsp3) is 0.421. The summed E-state index contributed by atoms with van der Waals surface area (Å²) in [6.45, 7) is 8.95. The molecule has 1 aromatic heterocycles. The number of ether oxygens (including phenoxy) is 2. The van der Waals surface area contributed by atoms with Crippen molar-refractivity contribution < 1.29 is 9.47 Å². The molecule has 6 heteroatoms. The number of aliphatic imine (C=N–C) groups is 1. The van der Waals surface area contributed by atoms with Gasteiger partial charge in [-0.1, -0.05) is 6.07 Å². The van der Waals surface area contributed by atoms with Crippen LogP contribution in [0.3, 0.4) is 0 Å². The van der Waals surface area contributed by atoms with Crippen molar-refractivity contribution in [2.24, 2.45) is 4.99 Å². The molecular weight excluding hydrogens is 334 g/mol. The molecule has 0 N–H and O–H groups in total. The summed E-state index contributed by atoms with van der Waals surface area (Å²) in [5.74, 6) is 1.03. The maximum absolute atomic E-state index is 9.37. The van der Waals surface area contributed by atoms with Gasteiger partial charge in [0.1, 0.15) is 10.9 Å². The normalized spacial score (nSPS) is 13.4. The van der Waals surface area contributed by atoms with Crippen LogP contribution in [0.25, 0.3) is 0 Å². The van der Waals surface area contributed by atoms with E-state index in [1.807, 2.05) is 51.3 Å². The molecular formula is C19H23N3O2S. The first-order chi connectivity index (χ1) is 12.1. The van der Waals surface area contributed by atoms with Crippen LogP contribution in [0.4, 0.5) is 0 Å². The van der Waals surface area contributed by atoms with Crippen molar-refractivity contribution in [3.63, 3.8) is 0 Å². The van der Waals surface area contributed by atoms with E-state index in [2.05, 4.69) is 16.0 Å². The Morgan fingerprint density at radius 2 is 2.00 bits per heavy atom.